The van der Waals surface area contributed by atoms with Crippen LogP contribution in [-0.4, -0.2) is 25.0 Å². The van der Waals surface area contributed by atoms with Gasteiger partial charge in [-0.3, -0.25) is 0 Å². The van der Waals surface area contributed by atoms with Gasteiger partial charge in [-0.15, -0.1) is 0 Å². The van der Waals surface area contributed by atoms with E-state index in [0.29, 0.717) is 0 Å². The fraction of sp³-hybridized carbons (Fsp3) is 1.00. The molecule has 0 rings (SSSR count). The number of nitrogens with zero attached hydrogens (tertiary/aromatic N) is 1. The molecule has 3 N–H and O–H groups in total. The van der Waals surface area contributed by atoms with Gasteiger partial charge in [-0.2, -0.15) is 0 Å². The van der Waals surface area contributed by atoms with Gasteiger partial charge in [0.25, 0.3) is 0 Å². The minimum Gasteiger partial charge on any atom is -0.344 e. The lowest BCUT2D eigenvalue weighted by atomic mass is 9.99. The maximum Gasteiger partial charge on any atom is 0.00891 e. The molecule has 2 heteroatoms. The topological polar surface area (TPSA) is 38.2 Å². The van der Waals surface area contributed by atoms with Gasteiger partial charge < -0.3 is 11.1 Å². The molecule has 1 atom stereocenters. The van der Waals surface area contributed by atoms with E-state index in [1.165, 1.54) is 135 Å². The van der Waals surface area contributed by atoms with Crippen LogP contribution >= 0.6 is 0 Å². The van der Waals surface area contributed by atoms with Crippen molar-refractivity contribution in [2.45, 2.75) is 155 Å². The van der Waals surface area contributed by atoms with Crippen LogP contribution in [-0.2, 0) is 0 Å². The average molecular weight is 399 g/mol. The second-order valence-electron chi connectivity index (χ2n) is 9.21. The summed E-state index contributed by atoms with van der Waals surface area (Å²) in [5.74, 6) is 0. The van der Waals surface area contributed by atoms with Crippen molar-refractivity contribution in [3.05, 3.63) is 0 Å². The number of hydrogen-bond donors (Lipinski definition) is 1. The van der Waals surface area contributed by atoms with Crippen molar-refractivity contribution in [2.24, 2.45) is 0 Å². The Hall–Kier alpha value is -0.0800. The van der Waals surface area contributed by atoms with Gasteiger partial charge in [-0.25, -0.2) is 0 Å². The number of rotatable bonds is 22. The third-order valence-corrected chi connectivity index (χ3v) is 6.26. The summed E-state index contributed by atoms with van der Waals surface area (Å²) in [5, 5.41) is 0. The molecule has 0 radical (unpaired) electrons. The lowest BCUT2D eigenvalue weighted by Crippen LogP contribution is -2.27. The quantitative estimate of drug-likeness (QED) is 0.184. The molecule has 28 heavy (non-hydrogen) atoms. The summed E-state index contributed by atoms with van der Waals surface area (Å²) in [6.07, 6.45) is 30.3. The van der Waals surface area contributed by atoms with E-state index in [1.54, 1.807) is 0 Å². The SMILES string of the molecule is CCCCCCCCCCCCC(CCCCCCCCCCC)N(C)C.N. The van der Waals surface area contributed by atoms with Crippen LogP contribution in [0, 0.1) is 0 Å². The Morgan fingerprint density at radius 2 is 0.679 bits per heavy atom. The highest BCUT2D eigenvalue weighted by molar-refractivity contribution is 4.67. The van der Waals surface area contributed by atoms with Gasteiger partial charge in [-0.1, -0.05) is 136 Å². The van der Waals surface area contributed by atoms with E-state index in [0.717, 1.165) is 6.04 Å². The van der Waals surface area contributed by atoms with Gasteiger partial charge in [0.05, 0.1) is 0 Å². The summed E-state index contributed by atoms with van der Waals surface area (Å²) in [4.78, 5) is 2.48. The van der Waals surface area contributed by atoms with E-state index in [9.17, 15) is 0 Å². The fourth-order valence-electron chi connectivity index (χ4n) is 4.22. The Balaban J connectivity index is 0. The highest BCUT2D eigenvalue weighted by Gasteiger charge is 2.10. The van der Waals surface area contributed by atoms with Gasteiger partial charge in [0.2, 0.25) is 0 Å². The molecule has 0 heterocycles. The highest BCUT2D eigenvalue weighted by Crippen LogP contribution is 2.18. The molecular weight excluding hydrogens is 340 g/mol. The highest BCUT2D eigenvalue weighted by atomic mass is 15.1. The minimum atomic E-state index is 0. The van der Waals surface area contributed by atoms with E-state index in [-0.39, 0.29) is 6.15 Å². The summed E-state index contributed by atoms with van der Waals surface area (Å²) < 4.78 is 0. The molecule has 0 aliphatic carbocycles. The second-order valence-corrected chi connectivity index (χ2v) is 9.21. The van der Waals surface area contributed by atoms with Crippen LogP contribution in [0.2, 0.25) is 0 Å². The van der Waals surface area contributed by atoms with Crippen LogP contribution in [0.3, 0.4) is 0 Å². The van der Waals surface area contributed by atoms with Crippen molar-refractivity contribution in [1.82, 2.24) is 11.1 Å². The Kier molecular flexibility index (Phi) is 26.8. The Morgan fingerprint density at radius 1 is 0.429 bits per heavy atom. The molecule has 1 unspecified atom stereocenters. The molecule has 0 aromatic carbocycles. The van der Waals surface area contributed by atoms with Crippen molar-refractivity contribution in [2.75, 3.05) is 14.1 Å². The molecule has 0 fully saturated rings. The zero-order valence-electron chi connectivity index (χ0n) is 20.6. The van der Waals surface area contributed by atoms with E-state index in [4.69, 9.17) is 0 Å². The molecule has 0 amide bonds. The molecule has 0 aromatic rings. The third kappa shape index (κ3) is 22.2. The van der Waals surface area contributed by atoms with E-state index in [2.05, 4.69) is 32.8 Å². The smallest absolute Gasteiger partial charge is 0.00891 e. The zero-order chi connectivity index (χ0) is 20.0. The normalized spacial score (nSPS) is 12.3. The van der Waals surface area contributed by atoms with Crippen LogP contribution in [0.25, 0.3) is 0 Å². The molecule has 0 saturated carbocycles. The average Bonchev–Trinajstić information content (AvgIpc) is 2.66. The Labute approximate surface area is 180 Å². The first kappa shape index (κ1) is 30.1. The van der Waals surface area contributed by atoms with Gasteiger partial charge in [0, 0.05) is 6.04 Å². The van der Waals surface area contributed by atoms with Gasteiger partial charge >= 0.3 is 0 Å². The standard InChI is InChI=1S/C26H55N.H3N/c1-5-7-9-11-13-15-17-19-21-23-25-26(27(3)4)24-22-20-18-16-14-12-10-8-6-2;/h26H,5-25H2,1-4H3;1H3. The summed E-state index contributed by atoms with van der Waals surface area (Å²) in [5.41, 5.74) is 0. The predicted molar refractivity (Wildman–Crippen MR) is 131 cm³/mol. The van der Waals surface area contributed by atoms with Crippen molar-refractivity contribution >= 4 is 0 Å². The predicted octanol–water partition coefficient (Wildman–Crippen LogP) is 9.31. The van der Waals surface area contributed by atoms with Crippen molar-refractivity contribution in [1.29, 1.82) is 0 Å². The molecule has 172 valence electrons. The number of hydrogen-bond acceptors (Lipinski definition) is 2. The first-order valence-electron chi connectivity index (χ1n) is 12.9. The van der Waals surface area contributed by atoms with E-state index in [1.807, 2.05) is 0 Å². The van der Waals surface area contributed by atoms with Crippen molar-refractivity contribution in [3.63, 3.8) is 0 Å². The first-order chi connectivity index (χ1) is 13.2. The lowest BCUT2D eigenvalue weighted by molar-refractivity contribution is 0.251. The lowest BCUT2D eigenvalue weighted by Gasteiger charge is -2.24. The Bertz CT molecular complexity index is 265. The first-order valence-corrected chi connectivity index (χ1v) is 12.9. The van der Waals surface area contributed by atoms with Crippen molar-refractivity contribution < 1.29 is 0 Å². The van der Waals surface area contributed by atoms with Gasteiger partial charge in [0.1, 0.15) is 0 Å². The minimum absolute atomic E-state index is 0. The second kappa shape index (κ2) is 25.0. The zero-order valence-corrected chi connectivity index (χ0v) is 20.6. The van der Waals surface area contributed by atoms with Gasteiger partial charge in [-0.05, 0) is 26.9 Å². The monoisotopic (exact) mass is 398 g/mol. The van der Waals surface area contributed by atoms with E-state index < -0.39 is 0 Å². The molecule has 0 aliphatic rings. The summed E-state index contributed by atoms with van der Waals surface area (Å²) in [6, 6.07) is 0.823. The molecule has 0 bridgehead atoms. The fourth-order valence-corrected chi connectivity index (χ4v) is 4.22. The molecule has 0 spiro atoms. The largest absolute Gasteiger partial charge is 0.344 e. The van der Waals surface area contributed by atoms with Crippen LogP contribution in [0.5, 0.6) is 0 Å². The summed E-state index contributed by atoms with van der Waals surface area (Å²) >= 11 is 0. The molecule has 2 nitrogen and oxygen atoms in total. The molecule has 0 saturated heterocycles. The van der Waals surface area contributed by atoms with Crippen LogP contribution < -0.4 is 6.15 Å². The van der Waals surface area contributed by atoms with Crippen LogP contribution in [0.4, 0.5) is 0 Å². The Morgan fingerprint density at radius 3 is 0.929 bits per heavy atom. The van der Waals surface area contributed by atoms with Crippen LogP contribution in [0.1, 0.15) is 149 Å². The molecule has 0 aromatic heterocycles. The van der Waals surface area contributed by atoms with Crippen molar-refractivity contribution in [3.8, 4) is 0 Å². The third-order valence-electron chi connectivity index (χ3n) is 6.26. The summed E-state index contributed by atoms with van der Waals surface area (Å²) in [7, 11) is 4.57. The number of unbranched alkanes of at least 4 members (excludes halogenated alkanes) is 17. The summed E-state index contributed by atoms with van der Waals surface area (Å²) in [6.45, 7) is 4.60. The maximum absolute atomic E-state index is 2.48. The molecule has 0 aliphatic heterocycles. The maximum atomic E-state index is 2.48. The van der Waals surface area contributed by atoms with Crippen LogP contribution in [0.15, 0.2) is 0 Å². The van der Waals surface area contributed by atoms with E-state index >= 15 is 0 Å². The molecular formula is C26H58N2. The van der Waals surface area contributed by atoms with Gasteiger partial charge in [0.15, 0.2) is 0 Å².